The van der Waals surface area contributed by atoms with Gasteiger partial charge in [-0.3, -0.25) is 14.4 Å². The van der Waals surface area contributed by atoms with Crippen molar-refractivity contribution in [2.75, 3.05) is 6.61 Å². The lowest BCUT2D eigenvalue weighted by molar-refractivity contribution is -0.201. The molecule has 11 nitrogen and oxygen atoms in total. The average Bonchev–Trinajstić information content (AvgIpc) is 3.59. The quantitative estimate of drug-likeness (QED) is 0.205. The van der Waals surface area contributed by atoms with Crippen LogP contribution in [-0.4, -0.2) is 64.4 Å². The Kier molecular flexibility index (Phi) is 9.18. The Morgan fingerprint density at radius 3 is 2.57 bits per heavy atom. The van der Waals surface area contributed by atoms with E-state index in [-0.39, 0.29) is 41.3 Å². The molecule has 0 spiro atoms. The zero-order chi connectivity index (χ0) is 36.1. The van der Waals surface area contributed by atoms with Crippen LogP contribution >= 0.6 is 0 Å². The lowest BCUT2D eigenvalue weighted by Gasteiger charge is -2.59. The van der Waals surface area contributed by atoms with Crippen LogP contribution in [0, 0.1) is 28.6 Å². The summed E-state index contributed by atoms with van der Waals surface area (Å²) in [5.41, 5.74) is 0.0143. The third-order valence-electron chi connectivity index (χ3n) is 12.3. The molecule has 2 aromatic carbocycles. The second-order valence-corrected chi connectivity index (χ2v) is 15.1. The van der Waals surface area contributed by atoms with Crippen molar-refractivity contribution in [1.29, 1.82) is 0 Å². The van der Waals surface area contributed by atoms with Gasteiger partial charge >= 0.3 is 11.9 Å². The Balaban J connectivity index is 1.09. The Hall–Kier alpha value is -4.32. The highest BCUT2D eigenvalue weighted by molar-refractivity contribution is 6.01. The van der Waals surface area contributed by atoms with E-state index in [1.165, 1.54) is 12.1 Å². The second kappa shape index (κ2) is 13.3. The molecule has 268 valence electrons. The first-order valence-electron chi connectivity index (χ1n) is 17.9. The van der Waals surface area contributed by atoms with Gasteiger partial charge in [-0.15, -0.1) is 0 Å². The molecule has 4 fully saturated rings. The van der Waals surface area contributed by atoms with Gasteiger partial charge in [-0.2, -0.15) is 10.2 Å². The molecule has 2 N–H and O–H groups in total. The van der Waals surface area contributed by atoms with Gasteiger partial charge in [-0.05, 0) is 92.0 Å². The number of aliphatic hydroxyl groups is 1. The van der Waals surface area contributed by atoms with Crippen LogP contribution in [-0.2, 0) is 35.0 Å². The van der Waals surface area contributed by atoms with Crippen molar-refractivity contribution in [3.05, 3.63) is 83.5 Å². The van der Waals surface area contributed by atoms with Crippen molar-refractivity contribution in [1.82, 2.24) is 0 Å². The fraction of sp³-hybridized carbons (Fsp3) is 0.500. The SMILES string of the molecule is CCCC1O[C@@H]2CC3C4CCC5=CC(=O)C=CC5(C)C4C(O)CC3(C)C2(C(=O)COC(=O)Cc2ccccc2/N=N/c2ccc(C(=O)O)cc2)O1. The number of carboxylic acid groups (broad SMARTS) is 1. The largest absolute Gasteiger partial charge is 0.478 e. The number of carboxylic acids is 1. The van der Waals surface area contributed by atoms with Crippen LogP contribution < -0.4 is 0 Å². The molecule has 0 aromatic heterocycles. The lowest BCUT2D eigenvalue weighted by Crippen LogP contribution is -2.63. The van der Waals surface area contributed by atoms with Crippen molar-refractivity contribution >= 4 is 34.9 Å². The molecule has 2 aromatic rings. The Morgan fingerprint density at radius 2 is 1.82 bits per heavy atom. The van der Waals surface area contributed by atoms with Gasteiger partial charge in [-0.1, -0.05) is 57.0 Å². The van der Waals surface area contributed by atoms with Gasteiger partial charge in [0.1, 0.15) is 0 Å². The highest BCUT2D eigenvalue weighted by atomic mass is 16.7. The minimum Gasteiger partial charge on any atom is -0.478 e. The van der Waals surface area contributed by atoms with E-state index >= 15 is 0 Å². The molecule has 0 amide bonds. The molecule has 1 heterocycles. The minimum absolute atomic E-state index is 0.0140. The molecule has 5 aliphatic rings. The van der Waals surface area contributed by atoms with Crippen molar-refractivity contribution in [2.45, 2.75) is 89.8 Å². The van der Waals surface area contributed by atoms with Gasteiger partial charge in [-0.25, -0.2) is 4.79 Å². The Labute approximate surface area is 296 Å². The summed E-state index contributed by atoms with van der Waals surface area (Å²) < 4.78 is 18.8. The van der Waals surface area contributed by atoms with E-state index < -0.39 is 53.5 Å². The molecule has 4 aliphatic carbocycles. The molecule has 1 saturated heterocycles. The summed E-state index contributed by atoms with van der Waals surface area (Å²) >= 11 is 0. The summed E-state index contributed by atoms with van der Waals surface area (Å²) in [6.07, 6.45) is 7.15. The number of allylic oxidation sites excluding steroid dienone is 4. The number of esters is 1. The Morgan fingerprint density at radius 1 is 1.06 bits per heavy atom. The van der Waals surface area contributed by atoms with E-state index in [4.69, 9.17) is 19.3 Å². The number of aromatic carboxylic acids is 1. The van der Waals surface area contributed by atoms with Crippen LogP contribution in [0.3, 0.4) is 0 Å². The lowest BCUT2D eigenvalue weighted by atomic mass is 9.46. The van der Waals surface area contributed by atoms with E-state index in [2.05, 4.69) is 17.2 Å². The van der Waals surface area contributed by atoms with E-state index in [1.54, 1.807) is 48.6 Å². The smallest absolute Gasteiger partial charge is 0.335 e. The number of nitrogens with zero attached hydrogens (tertiary/aromatic N) is 2. The van der Waals surface area contributed by atoms with Gasteiger partial charge in [0.2, 0.25) is 5.78 Å². The maximum Gasteiger partial charge on any atom is 0.335 e. The van der Waals surface area contributed by atoms with Crippen molar-refractivity contribution in [3.63, 3.8) is 0 Å². The minimum atomic E-state index is -1.39. The number of Topliss-reactive ketones (excluding diaryl/α,β-unsaturated/α-hetero) is 1. The number of hydrogen-bond acceptors (Lipinski definition) is 10. The molecular formula is C40H44N2O9. The number of benzene rings is 2. The molecule has 51 heavy (non-hydrogen) atoms. The Bertz CT molecular complexity index is 1830. The summed E-state index contributed by atoms with van der Waals surface area (Å²) in [4.78, 5) is 51.2. The maximum atomic E-state index is 14.5. The number of fused-ring (bicyclic) bond motifs is 7. The molecule has 11 heteroatoms. The monoisotopic (exact) mass is 696 g/mol. The van der Waals surface area contributed by atoms with Crippen LogP contribution in [0.5, 0.6) is 0 Å². The van der Waals surface area contributed by atoms with Gasteiger partial charge in [0.05, 0.1) is 35.6 Å². The van der Waals surface area contributed by atoms with E-state index in [0.717, 1.165) is 24.8 Å². The van der Waals surface area contributed by atoms with E-state index in [9.17, 15) is 24.3 Å². The average molecular weight is 697 g/mol. The fourth-order valence-corrected chi connectivity index (χ4v) is 10.0. The summed E-state index contributed by atoms with van der Waals surface area (Å²) in [7, 11) is 0. The van der Waals surface area contributed by atoms with Crippen molar-refractivity contribution in [3.8, 4) is 0 Å². The van der Waals surface area contributed by atoms with Crippen LogP contribution in [0.1, 0.15) is 75.2 Å². The number of carbonyl (C=O) groups is 4. The molecule has 1 aliphatic heterocycles. The molecular weight excluding hydrogens is 652 g/mol. The van der Waals surface area contributed by atoms with Crippen LogP contribution in [0.25, 0.3) is 0 Å². The fourth-order valence-electron chi connectivity index (χ4n) is 10.0. The highest BCUT2D eigenvalue weighted by Crippen LogP contribution is 2.69. The zero-order valence-electron chi connectivity index (χ0n) is 29.1. The number of ether oxygens (including phenoxy) is 3. The summed E-state index contributed by atoms with van der Waals surface area (Å²) in [6.45, 7) is 5.68. The summed E-state index contributed by atoms with van der Waals surface area (Å²) in [5, 5.41) is 29.6. The van der Waals surface area contributed by atoms with Gasteiger partial charge in [0.15, 0.2) is 24.3 Å². The molecule has 8 unspecified atom stereocenters. The highest BCUT2D eigenvalue weighted by Gasteiger charge is 2.75. The molecule has 7 rings (SSSR count). The number of hydrogen-bond donors (Lipinski definition) is 2. The zero-order valence-corrected chi connectivity index (χ0v) is 29.1. The summed E-state index contributed by atoms with van der Waals surface area (Å²) in [6, 6.07) is 12.9. The predicted molar refractivity (Wildman–Crippen MR) is 184 cm³/mol. The third kappa shape index (κ3) is 5.89. The topological polar surface area (TPSA) is 161 Å². The van der Waals surface area contributed by atoms with E-state index in [0.29, 0.717) is 36.2 Å². The second-order valence-electron chi connectivity index (χ2n) is 15.1. The molecule has 0 bridgehead atoms. The first-order chi connectivity index (χ1) is 24.4. The molecule has 9 atom stereocenters. The molecule has 3 saturated carbocycles. The van der Waals surface area contributed by atoms with Crippen LogP contribution in [0.4, 0.5) is 11.4 Å². The first kappa shape index (κ1) is 35.1. The van der Waals surface area contributed by atoms with Gasteiger partial charge < -0.3 is 24.4 Å². The van der Waals surface area contributed by atoms with Gasteiger partial charge in [0.25, 0.3) is 0 Å². The number of aliphatic hydroxyl groups excluding tert-OH is 1. The molecule has 0 radical (unpaired) electrons. The van der Waals surface area contributed by atoms with E-state index in [1.807, 2.05) is 19.9 Å². The number of azo groups is 1. The van der Waals surface area contributed by atoms with Crippen molar-refractivity contribution in [2.24, 2.45) is 38.8 Å². The first-order valence-corrected chi connectivity index (χ1v) is 17.9. The number of rotatable bonds is 10. The number of carbonyl (C=O) groups excluding carboxylic acids is 3. The predicted octanol–water partition coefficient (Wildman–Crippen LogP) is 6.62. The number of ketones is 2. The van der Waals surface area contributed by atoms with Crippen LogP contribution in [0.15, 0.2) is 82.6 Å². The third-order valence-corrected chi connectivity index (χ3v) is 12.3. The summed E-state index contributed by atoms with van der Waals surface area (Å²) in [5.74, 6) is -2.06. The maximum absolute atomic E-state index is 14.5. The standard InChI is InChI=1S/C40H44N2O9/c1-4-7-35-50-33-20-29-28-15-12-25-19-27(43)16-17-38(25,2)36(28)31(44)21-39(29,3)40(33,51-35)32(45)22-49-34(46)18-24-8-5-6-9-30(24)42-41-26-13-10-23(11-14-26)37(47)48/h5-6,8-11,13-14,16-17,19,28-29,31,33,35-36,44H,4,7,12,15,18,20-22H2,1-3H3,(H,47,48)/b42-41+/t28?,29?,31?,33-,35?,36?,38?,39?,40?/m1/s1. The van der Waals surface area contributed by atoms with Gasteiger partial charge in [0, 0.05) is 16.7 Å². The van der Waals surface area contributed by atoms with Crippen LogP contribution in [0.2, 0.25) is 0 Å². The van der Waals surface area contributed by atoms with Crippen molar-refractivity contribution < 1.29 is 43.6 Å². The normalized spacial score (nSPS) is 35.1.